The van der Waals surface area contributed by atoms with E-state index in [2.05, 4.69) is 14.9 Å². The van der Waals surface area contributed by atoms with E-state index in [9.17, 15) is 14.9 Å². The van der Waals surface area contributed by atoms with Crippen molar-refractivity contribution >= 4 is 28.3 Å². The molecule has 1 amide bonds. The molecule has 0 unspecified atom stereocenters. The van der Waals surface area contributed by atoms with Crippen LogP contribution < -0.4 is 5.73 Å². The number of rotatable bonds is 4. The van der Waals surface area contributed by atoms with Gasteiger partial charge in [0.1, 0.15) is 11.6 Å². The van der Waals surface area contributed by atoms with Crippen LogP contribution in [-0.2, 0) is 6.54 Å². The average Bonchev–Trinajstić information content (AvgIpc) is 2.74. The molecule has 2 heterocycles. The maximum atomic E-state index is 12.8. The second-order valence-electron chi connectivity index (χ2n) is 7.37. The van der Waals surface area contributed by atoms with Gasteiger partial charge in [-0.05, 0) is 25.1 Å². The van der Waals surface area contributed by atoms with E-state index in [-0.39, 0.29) is 11.6 Å². The lowest BCUT2D eigenvalue weighted by Crippen LogP contribution is -2.48. The van der Waals surface area contributed by atoms with Gasteiger partial charge in [-0.1, -0.05) is 18.2 Å². The van der Waals surface area contributed by atoms with Crippen LogP contribution in [0.2, 0.25) is 0 Å². The topological polar surface area (TPSA) is 118 Å². The van der Waals surface area contributed by atoms with E-state index >= 15 is 0 Å². The van der Waals surface area contributed by atoms with E-state index in [1.807, 2.05) is 24.3 Å². The number of aromatic nitrogens is 2. The van der Waals surface area contributed by atoms with Gasteiger partial charge in [-0.2, -0.15) is 0 Å². The van der Waals surface area contributed by atoms with Gasteiger partial charge in [0.05, 0.1) is 17.0 Å². The van der Waals surface area contributed by atoms with Gasteiger partial charge in [0.25, 0.3) is 11.6 Å². The van der Waals surface area contributed by atoms with Gasteiger partial charge in [-0.25, -0.2) is 9.97 Å². The Hall–Kier alpha value is -3.59. The molecule has 2 aromatic carbocycles. The molecule has 30 heavy (non-hydrogen) atoms. The number of para-hydroxylation sites is 1. The molecule has 1 aliphatic heterocycles. The molecule has 9 nitrogen and oxygen atoms in total. The quantitative estimate of drug-likeness (QED) is 0.522. The fraction of sp³-hybridized carbons (Fsp3) is 0.286. The molecule has 0 spiro atoms. The minimum Gasteiger partial charge on any atom is -0.383 e. The van der Waals surface area contributed by atoms with Crippen LogP contribution in [0.3, 0.4) is 0 Å². The van der Waals surface area contributed by atoms with Gasteiger partial charge in [-0.15, -0.1) is 0 Å². The summed E-state index contributed by atoms with van der Waals surface area (Å²) in [6, 6.07) is 12.2. The van der Waals surface area contributed by atoms with E-state index in [0.717, 1.165) is 10.9 Å². The number of nitrogens with two attached hydrogens (primary N) is 1. The maximum Gasteiger partial charge on any atom is 0.273 e. The van der Waals surface area contributed by atoms with Crippen molar-refractivity contribution in [2.24, 2.45) is 0 Å². The SMILES string of the molecule is Cc1ccc(C(=O)N2CCN(Cc3nc(N)c4ccccc4n3)CC2)cc1[N+](=O)[O-]. The fourth-order valence-corrected chi connectivity index (χ4v) is 3.65. The number of nitro groups is 1. The van der Waals surface area contributed by atoms with Gasteiger partial charge < -0.3 is 10.6 Å². The van der Waals surface area contributed by atoms with E-state index in [4.69, 9.17) is 5.73 Å². The molecular weight excluding hydrogens is 384 g/mol. The fourth-order valence-electron chi connectivity index (χ4n) is 3.65. The highest BCUT2D eigenvalue weighted by molar-refractivity contribution is 5.95. The normalized spacial score (nSPS) is 14.8. The number of anilines is 1. The molecule has 1 aromatic heterocycles. The predicted molar refractivity (Wildman–Crippen MR) is 113 cm³/mol. The monoisotopic (exact) mass is 406 g/mol. The number of hydrogen-bond acceptors (Lipinski definition) is 7. The zero-order chi connectivity index (χ0) is 21.3. The molecule has 1 aliphatic rings. The van der Waals surface area contributed by atoms with E-state index in [1.54, 1.807) is 24.0 Å². The van der Waals surface area contributed by atoms with E-state index in [0.29, 0.717) is 55.5 Å². The summed E-state index contributed by atoms with van der Waals surface area (Å²) in [6.45, 7) is 4.60. The van der Waals surface area contributed by atoms with Crippen LogP contribution >= 0.6 is 0 Å². The van der Waals surface area contributed by atoms with Crippen molar-refractivity contribution in [3.63, 3.8) is 0 Å². The Morgan fingerprint density at radius 3 is 2.60 bits per heavy atom. The summed E-state index contributed by atoms with van der Waals surface area (Å²) < 4.78 is 0. The van der Waals surface area contributed by atoms with E-state index in [1.165, 1.54) is 6.07 Å². The molecule has 0 bridgehead atoms. The van der Waals surface area contributed by atoms with Crippen LogP contribution in [0, 0.1) is 17.0 Å². The lowest BCUT2D eigenvalue weighted by atomic mass is 10.1. The highest BCUT2D eigenvalue weighted by Crippen LogP contribution is 2.21. The third kappa shape index (κ3) is 3.92. The van der Waals surface area contributed by atoms with Crippen LogP contribution in [0.15, 0.2) is 42.5 Å². The molecular formula is C21H22N6O3. The standard InChI is InChI=1S/C21H22N6O3/c1-14-6-7-15(12-18(14)27(29)30)21(28)26-10-8-25(9-11-26)13-19-23-17-5-3-2-4-16(17)20(22)24-19/h2-7,12H,8-11,13H2,1H3,(H2,22,23,24). The third-order valence-corrected chi connectivity index (χ3v) is 5.36. The zero-order valence-corrected chi connectivity index (χ0v) is 16.6. The summed E-state index contributed by atoms with van der Waals surface area (Å²) in [5, 5.41) is 12.0. The Morgan fingerprint density at radius 2 is 1.87 bits per heavy atom. The summed E-state index contributed by atoms with van der Waals surface area (Å²) in [6.07, 6.45) is 0. The smallest absolute Gasteiger partial charge is 0.273 e. The highest BCUT2D eigenvalue weighted by Gasteiger charge is 2.24. The number of hydrogen-bond donors (Lipinski definition) is 1. The summed E-state index contributed by atoms with van der Waals surface area (Å²) in [5.74, 6) is 0.925. The van der Waals surface area contributed by atoms with Gasteiger partial charge in [0, 0.05) is 48.8 Å². The summed E-state index contributed by atoms with van der Waals surface area (Å²) in [4.78, 5) is 36.4. The van der Waals surface area contributed by atoms with Crippen molar-refractivity contribution in [3.05, 3.63) is 69.5 Å². The number of benzene rings is 2. The second kappa shape index (κ2) is 8.03. The number of aryl methyl sites for hydroxylation is 1. The van der Waals surface area contributed by atoms with Gasteiger partial charge in [0.15, 0.2) is 0 Å². The van der Waals surface area contributed by atoms with E-state index < -0.39 is 4.92 Å². The Bertz CT molecular complexity index is 1120. The number of nitrogens with zero attached hydrogens (tertiary/aromatic N) is 5. The first-order valence-electron chi connectivity index (χ1n) is 9.70. The first-order valence-corrected chi connectivity index (χ1v) is 9.70. The summed E-state index contributed by atoms with van der Waals surface area (Å²) in [7, 11) is 0. The molecule has 2 N–H and O–H groups in total. The van der Waals surface area contributed by atoms with Gasteiger partial charge in [-0.3, -0.25) is 19.8 Å². The van der Waals surface area contributed by atoms with Crippen molar-refractivity contribution in [1.29, 1.82) is 0 Å². The largest absolute Gasteiger partial charge is 0.383 e. The minimum atomic E-state index is -0.459. The Kier molecular flexibility index (Phi) is 5.28. The molecule has 0 atom stereocenters. The van der Waals surface area contributed by atoms with Gasteiger partial charge >= 0.3 is 0 Å². The molecule has 0 aliphatic carbocycles. The van der Waals surface area contributed by atoms with Crippen molar-refractivity contribution in [2.75, 3.05) is 31.9 Å². The number of amides is 1. The third-order valence-electron chi connectivity index (χ3n) is 5.36. The van der Waals surface area contributed by atoms with Crippen molar-refractivity contribution in [1.82, 2.24) is 19.8 Å². The van der Waals surface area contributed by atoms with Crippen molar-refractivity contribution < 1.29 is 9.72 Å². The molecule has 0 saturated carbocycles. The second-order valence-corrected chi connectivity index (χ2v) is 7.37. The van der Waals surface area contributed by atoms with Crippen LogP contribution in [0.1, 0.15) is 21.7 Å². The van der Waals surface area contributed by atoms with Gasteiger partial charge in [0.2, 0.25) is 0 Å². The van der Waals surface area contributed by atoms with Crippen LogP contribution in [-0.4, -0.2) is 56.8 Å². The first kappa shape index (κ1) is 19.7. The lowest BCUT2D eigenvalue weighted by molar-refractivity contribution is -0.385. The summed E-state index contributed by atoms with van der Waals surface area (Å²) >= 11 is 0. The zero-order valence-electron chi connectivity index (χ0n) is 16.6. The van der Waals surface area contributed by atoms with Crippen molar-refractivity contribution in [3.8, 4) is 0 Å². The van der Waals surface area contributed by atoms with Crippen molar-refractivity contribution in [2.45, 2.75) is 13.5 Å². The average molecular weight is 406 g/mol. The number of piperazine rings is 1. The molecule has 3 aromatic rings. The lowest BCUT2D eigenvalue weighted by Gasteiger charge is -2.34. The predicted octanol–water partition coefficient (Wildman–Crippen LogP) is 2.39. The van der Waals surface area contributed by atoms with Crippen LogP contribution in [0.4, 0.5) is 11.5 Å². The maximum absolute atomic E-state index is 12.8. The Labute approximate surface area is 173 Å². The number of nitro benzene ring substituents is 1. The summed E-state index contributed by atoms with van der Waals surface area (Å²) in [5.41, 5.74) is 7.72. The van der Waals surface area contributed by atoms with Crippen LogP contribution in [0.5, 0.6) is 0 Å². The molecule has 9 heteroatoms. The Morgan fingerprint density at radius 1 is 1.13 bits per heavy atom. The molecule has 1 fully saturated rings. The number of carbonyl (C=O) groups excluding carboxylic acids is 1. The number of fused-ring (bicyclic) bond motifs is 1. The Balaban J connectivity index is 1.41. The highest BCUT2D eigenvalue weighted by atomic mass is 16.6. The molecule has 0 radical (unpaired) electrons. The minimum absolute atomic E-state index is 0.0365. The number of carbonyl (C=O) groups is 1. The molecule has 1 saturated heterocycles. The van der Waals surface area contributed by atoms with Crippen LogP contribution in [0.25, 0.3) is 10.9 Å². The first-order chi connectivity index (χ1) is 14.4. The molecule has 4 rings (SSSR count). The number of nitrogen functional groups attached to an aromatic ring is 1. The molecule has 154 valence electrons.